The first-order valence-electron chi connectivity index (χ1n) is 12.9. The average Bonchev–Trinajstić information content (AvgIpc) is 2.64. The Morgan fingerprint density at radius 3 is 1.19 bits per heavy atom. The van der Waals surface area contributed by atoms with E-state index in [1.54, 1.807) is 4.90 Å². The van der Waals surface area contributed by atoms with Crippen molar-refractivity contribution in [3.63, 3.8) is 0 Å². The fourth-order valence-corrected chi connectivity index (χ4v) is 5.25. The standard InChI is InChI=1S/C30H48NO5P/c1-27(2,3)21-13-19(14-22(25(21)32)28(4,5)6)17-31(18-37(34,35)36)20-15-23(29(7,8)9)26(33)24(16-20)30(10,11)12/h13-16,32-33H,17-18H2,1-12H3,(H2,34,35,36). The lowest BCUT2D eigenvalue weighted by atomic mass is 9.78. The summed E-state index contributed by atoms with van der Waals surface area (Å²) < 4.78 is 12.3. The van der Waals surface area contributed by atoms with Crippen LogP contribution in [0.15, 0.2) is 24.3 Å². The molecule has 0 saturated carbocycles. The molecule has 0 atom stereocenters. The second-order valence-corrected chi connectivity index (χ2v) is 16.0. The van der Waals surface area contributed by atoms with Crippen LogP contribution in [-0.4, -0.2) is 26.3 Å². The number of rotatable bonds is 5. The number of phenols is 2. The third kappa shape index (κ3) is 7.75. The Balaban J connectivity index is 2.84. The third-order valence-corrected chi connectivity index (χ3v) is 7.30. The van der Waals surface area contributed by atoms with Crippen LogP contribution in [0.3, 0.4) is 0 Å². The molecule has 0 heterocycles. The van der Waals surface area contributed by atoms with Crippen LogP contribution < -0.4 is 4.90 Å². The van der Waals surface area contributed by atoms with Gasteiger partial charge in [-0.3, -0.25) is 4.57 Å². The van der Waals surface area contributed by atoms with Gasteiger partial charge in [-0.2, -0.15) is 0 Å². The number of aromatic hydroxyl groups is 2. The van der Waals surface area contributed by atoms with Gasteiger partial charge in [0, 0.05) is 23.4 Å². The number of benzene rings is 2. The van der Waals surface area contributed by atoms with E-state index in [0.29, 0.717) is 5.69 Å². The smallest absolute Gasteiger partial charge is 0.344 e. The fourth-order valence-electron chi connectivity index (χ4n) is 4.54. The summed E-state index contributed by atoms with van der Waals surface area (Å²) in [4.78, 5) is 21.8. The van der Waals surface area contributed by atoms with Crippen LogP contribution >= 0.6 is 7.60 Å². The normalized spacial score (nSPS) is 13.7. The summed E-state index contributed by atoms with van der Waals surface area (Å²) in [5.41, 5.74) is 3.10. The predicted octanol–water partition coefficient (Wildman–Crippen LogP) is 7.43. The van der Waals surface area contributed by atoms with Crippen LogP contribution in [0.5, 0.6) is 11.5 Å². The van der Waals surface area contributed by atoms with Gasteiger partial charge in [0.15, 0.2) is 0 Å². The first kappa shape index (κ1) is 31.2. The molecule has 208 valence electrons. The van der Waals surface area contributed by atoms with Gasteiger partial charge in [-0.25, -0.2) is 0 Å². The minimum absolute atomic E-state index is 0.217. The molecule has 0 saturated heterocycles. The molecule has 7 heteroatoms. The van der Waals surface area contributed by atoms with Gasteiger partial charge in [0.05, 0.1) is 0 Å². The zero-order chi connectivity index (χ0) is 28.9. The van der Waals surface area contributed by atoms with Crippen molar-refractivity contribution in [3.8, 4) is 11.5 Å². The van der Waals surface area contributed by atoms with Crippen molar-refractivity contribution in [2.24, 2.45) is 0 Å². The van der Waals surface area contributed by atoms with E-state index in [4.69, 9.17) is 0 Å². The Labute approximate surface area is 223 Å². The molecular formula is C30H48NO5P. The topological polar surface area (TPSA) is 101 Å². The van der Waals surface area contributed by atoms with Gasteiger partial charge in [0.25, 0.3) is 0 Å². The van der Waals surface area contributed by atoms with Gasteiger partial charge in [-0.05, 0) is 62.6 Å². The lowest BCUT2D eigenvalue weighted by Gasteiger charge is -2.33. The summed E-state index contributed by atoms with van der Waals surface area (Å²) in [6.07, 6.45) is -0.471. The minimum atomic E-state index is -4.43. The summed E-state index contributed by atoms with van der Waals surface area (Å²) in [7, 11) is -4.43. The molecule has 2 aromatic rings. The van der Waals surface area contributed by atoms with Gasteiger partial charge < -0.3 is 24.9 Å². The van der Waals surface area contributed by atoms with Crippen molar-refractivity contribution < 1.29 is 24.6 Å². The first-order chi connectivity index (χ1) is 16.3. The molecule has 0 spiro atoms. The van der Waals surface area contributed by atoms with E-state index in [-0.39, 0.29) is 39.7 Å². The van der Waals surface area contributed by atoms with E-state index in [1.807, 2.05) is 107 Å². The van der Waals surface area contributed by atoms with E-state index in [0.717, 1.165) is 27.8 Å². The Morgan fingerprint density at radius 1 is 0.622 bits per heavy atom. The Hall–Kier alpha value is -2.01. The second kappa shape index (κ2) is 9.94. The summed E-state index contributed by atoms with van der Waals surface area (Å²) >= 11 is 0. The highest BCUT2D eigenvalue weighted by Crippen LogP contribution is 2.45. The number of hydrogen-bond acceptors (Lipinski definition) is 4. The molecular weight excluding hydrogens is 485 g/mol. The van der Waals surface area contributed by atoms with Crippen molar-refractivity contribution >= 4 is 13.3 Å². The highest BCUT2D eigenvalue weighted by Gasteiger charge is 2.31. The molecule has 0 bridgehead atoms. The van der Waals surface area contributed by atoms with Crippen LogP contribution in [0.4, 0.5) is 5.69 Å². The maximum absolute atomic E-state index is 12.3. The van der Waals surface area contributed by atoms with Gasteiger partial charge in [0.2, 0.25) is 0 Å². The number of phenolic OH excluding ortho intramolecular Hbond substituents is 2. The van der Waals surface area contributed by atoms with Crippen molar-refractivity contribution in [3.05, 3.63) is 52.1 Å². The molecule has 0 fully saturated rings. The van der Waals surface area contributed by atoms with Crippen LogP contribution in [0.25, 0.3) is 0 Å². The molecule has 2 aromatic carbocycles. The SMILES string of the molecule is CC(C)(C)c1cc(CN(CP(=O)(O)O)c2cc(C(C)(C)C)c(O)c(C(C)(C)C)c2)cc(C(C)(C)C)c1O. The van der Waals surface area contributed by atoms with E-state index >= 15 is 0 Å². The lowest BCUT2D eigenvalue weighted by Crippen LogP contribution is -2.27. The van der Waals surface area contributed by atoms with Crippen LogP contribution in [-0.2, 0) is 32.8 Å². The van der Waals surface area contributed by atoms with Crippen molar-refractivity contribution in [1.82, 2.24) is 0 Å². The summed E-state index contributed by atoms with van der Waals surface area (Å²) in [6, 6.07) is 7.56. The van der Waals surface area contributed by atoms with E-state index < -0.39 is 13.9 Å². The summed E-state index contributed by atoms with van der Waals surface area (Å²) in [5, 5.41) is 22.3. The zero-order valence-electron chi connectivity index (χ0n) is 24.8. The van der Waals surface area contributed by atoms with Crippen LogP contribution in [0, 0.1) is 0 Å². The molecule has 0 amide bonds. The molecule has 0 unspecified atom stereocenters. The minimum Gasteiger partial charge on any atom is -0.507 e. The molecule has 37 heavy (non-hydrogen) atoms. The molecule has 0 radical (unpaired) electrons. The van der Waals surface area contributed by atoms with Crippen LogP contribution in [0.1, 0.15) is 111 Å². The highest BCUT2D eigenvalue weighted by molar-refractivity contribution is 7.51. The zero-order valence-corrected chi connectivity index (χ0v) is 25.7. The Kier molecular flexibility index (Phi) is 8.39. The quantitative estimate of drug-likeness (QED) is 0.298. The van der Waals surface area contributed by atoms with Crippen LogP contribution in [0.2, 0.25) is 0 Å². The van der Waals surface area contributed by atoms with Crippen molar-refractivity contribution in [1.29, 1.82) is 0 Å². The molecule has 6 nitrogen and oxygen atoms in total. The number of nitrogens with zero attached hydrogens (tertiary/aromatic N) is 1. The predicted molar refractivity (Wildman–Crippen MR) is 154 cm³/mol. The van der Waals surface area contributed by atoms with E-state index in [1.165, 1.54) is 0 Å². The maximum atomic E-state index is 12.3. The molecule has 0 aliphatic rings. The number of anilines is 1. The largest absolute Gasteiger partial charge is 0.507 e. The molecule has 4 N–H and O–H groups in total. The molecule has 0 aromatic heterocycles. The van der Waals surface area contributed by atoms with Crippen molar-refractivity contribution in [2.45, 2.75) is 111 Å². The molecule has 0 aliphatic heterocycles. The molecule has 2 rings (SSSR count). The van der Waals surface area contributed by atoms with E-state index in [2.05, 4.69) is 0 Å². The maximum Gasteiger partial charge on any atom is 0.344 e. The summed E-state index contributed by atoms with van der Waals surface area (Å²) in [6.45, 7) is 24.5. The van der Waals surface area contributed by atoms with Gasteiger partial charge in [-0.1, -0.05) is 83.1 Å². The average molecular weight is 534 g/mol. The molecule has 0 aliphatic carbocycles. The lowest BCUT2D eigenvalue weighted by molar-refractivity contribution is 0.371. The Bertz CT molecular complexity index is 1110. The fraction of sp³-hybridized carbons (Fsp3) is 0.600. The van der Waals surface area contributed by atoms with Gasteiger partial charge >= 0.3 is 7.60 Å². The summed E-state index contributed by atoms with van der Waals surface area (Å²) in [5.74, 6) is 0.481. The Morgan fingerprint density at radius 2 is 0.919 bits per heavy atom. The second-order valence-electron chi connectivity index (χ2n) is 14.4. The number of hydrogen-bond donors (Lipinski definition) is 4. The third-order valence-electron chi connectivity index (χ3n) is 6.59. The monoisotopic (exact) mass is 533 g/mol. The first-order valence-corrected chi connectivity index (χ1v) is 14.7. The van der Waals surface area contributed by atoms with Crippen molar-refractivity contribution in [2.75, 3.05) is 11.2 Å². The highest BCUT2D eigenvalue weighted by atomic mass is 31.2. The van der Waals surface area contributed by atoms with Gasteiger partial charge in [-0.15, -0.1) is 0 Å². The van der Waals surface area contributed by atoms with Gasteiger partial charge in [0.1, 0.15) is 17.8 Å². The van der Waals surface area contributed by atoms with E-state index in [9.17, 15) is 24.6 Å².